The van der Waals surface area contributed by atoms with Gasteiger partial charge in [-0.2, -0.15) is 0 Å². The predicted octanol–water partition coefficient (Wildman–Crippen LogP) is 2.05. The Hall–Kier alpha value is -1.66. The third-order valence-electron chi connectivity index (χ3n) is 3.82. The zero-order valence-corrected chi connectivity index (χ0v) is 13.1. The number of amides is 1. The number of hydrogen-bond acceptors (Lipinski definition) is 4. The minimum Gasteiger partial charge on any atom is -0.391 e. The number of aliphatic hydroxyl groups excluding tert-OH is 1. The fraction of sp³-hybridized carbons (Fsp3) is 0.467. The Balaban J connectivity index is 1.85. The normalized spacial score (nSPS) is 19.0. The quantitative estimate of drug-likeness (QED) is 0.924. The van der Waals surface area contributed by atoms with Gasteiger partial charge in [-0.15, -0.1) is 11.3 Å². The third-order valence-corrected chi connectivity index (χ3v) is 4.60. The van der Waals surface area contributed by atoms with E-state index < -0.39 is 6.10 Å². The Labute approximate surface area is 127 Å². The van der Waals surface area contributed by atoms with Crippen LogP contribution in [0, 0.1) is 6.92 Å². The van der Waals surface area contributed by atoms with Gasteiger partial charge in [0.05, 0.1) is 16.8 Å². The van der Waals surface area contributed by atoms with Crippen LogP contribution >= 0.6 is 11.3 Å². The Morgan fingerprint density at radius 2 is 2.33 bits per heavy atom. The molecule has 1 aliphatic rings. The lowest BCUT2D eigenvalue weighted by Crippen LogP contribution is -2.42. The molecule has 1 unspecified atom stereocenters. The molecule has 2 aromatic rings. The molecule has 1 fully saturated rings. The third kappa shape index (κ3) is 2.87. The van der Waals surface area contributed by atoms with Gasteiger partial charge in [-0.3, -0.25) is 4.79 Å². The van der Waals surface area contributed by atoms with Crippen molar-refractivity contribution >= 4 is 17.2 Å². The summed E-state index contributed by atoms with van der Waals surface area (Å²) in [5.74, 6) is -0.0190. The highest BCUT2D eigenvalue weighted by Gasteiger charge is 2.25. The Morgan fingerprint density at radius 3 is 3.00 bits per heavy atom. The minimum atomic E-state index is -0.399. The lowest BCUT2D eigenvalue weighted by atomic mass is 10.1. The summed E-state index contributed by atoms with van der Waals surface area (Å²) >= 11 is 1.60. The second kappa shape index (κ2) is 5.61. The largest absolute Gasteiger partial charge is 0.391 e. The Morgan fingerprint density at radius 1 is 1.52 bits per heavy atom. The van der Waals surface area contributed by atoms with Crippen LogP contribution in [0.15, 0.2) is 17.6 Å². The van der Waals surface area contributed by atoms with Crippen LogP contribution in [0.3, 0.4) is 0 Å². The predicted molar refractivity (Wildman–Crippen MR) is 82.4 cm³/mol. The van der Waals surface area contributed by atoms with Gasteiger partial charge in [0.25, 0.3) is 5.91 Å². The lowest BCUT2D eigenvalue weighted by Gasteiger charge is -2.30. The van der Waals surface area contributed by atoms with E-state index in [0.29, 0.717) is 18.8 Å². The summed E-state index contributed by atoms with van der Waals surface area (Å²) in [6.07, 6.45) is 3.17. The van der Waals surface area contributed by atoms with Crippen LogP contribution in [0.1, 0.15) is 28.3 Å². The first kappa shape index (κ1) is 14.3. The van der Waals surface area contributed by atoms with Gasteiger partial charge in [0, 0.05) is 37.3 Å². The van der Waals surface area contributed by atoms with Crippen molar-refractivity contribution in [3.05, 3.63) is 28.3 Å². The zero-order valence-electron chi connectivity index (χ0n) is 12.2. The summed E-state index contributed by atoms with van der Waals surface area (Å²) in [6, 6.07) is 1.89. The SMILES string of the molecule is Cc1nc(-c2cc(C(=O)N3CCCC(O)C3)n(C)c2)cs1. The maximum atomic E-state index is 12.6. The molecule has 1 saturated heterocycles. The fourth-order valence-corrected chi connectivity index (χ4v) is 3.34. The summed E-state index contributed by atoms with van der Waals surface area (Å²) in [5, 5.41) is 12.7. The van der Waals surface area contributed by atoms with Crippen molar-refractivity contribution in [3.63, 3.8) is 0 Å². The van der Waals surface area contributed by atoms with Crippen molar-refractivity contribution in [1.82, 2.24) is 14.5 Å². The van der Waals surface area contributed by atoms with Crippen LogP contribution in [0.25, 0.3) is 11.3 Å². The number of rotatable bonds is 2. The number of likely N-dealkylation sites (tertiary alicyclic amines) is 1. The van der Waals surface area contributed by atoms with E-state index in [9.17, 15) is 9.90 Å². The van der Waals surface area contributed by atoms with Gasteiger partial charge >= 0.3 is 0 Å². The monoisotopic (exact) mass is 305 g/mol. The minimum absolute atomic E-state index is 0.0190. The molecule has 1 amide bonds. The molecule has 1 atom stereocenters. The molecule has 0 radical (unpaired) electrons. The standard InChI is InChI=1S/C15H19N3O2S/c1-10-16-13(9-21-10)11-6-14(17(2)7-11)15(20)18-5-3-4-12(19)8-18/h6-7,9,12,19H,3-5,8H2,1-2H3. The van der Waals surface area contributed by atoms with Gasteiger partial charge in [-0.1, -0.05) is 0 Å². The van der Waals surface area contributed by atoms with E-state index >= 15 is 0 Å². The number of thiazole rings is 1. The van der Waals surface area contributed by atoms with Crippen molar-refractivity contribution in [2.75, 3.05) is 13.1 Å². The van der Waals surface area contributed by atoms with Crippen LogP contribution in [-0.2, 0) is 7.05 Å². The van der Waals surface area contributed by atoms with Crippen molar-refractivity contribution in [3.8, 4) is 11.3 Å². The van der Waals surface area contributed by atoms with Gasteiger partial charge in [0.1, 0.15) is 5.69 Å². The Bertz CT molecular complexity index is 662. The van der Waals surface area contributed by atoms with Crippen LogP contribution in [0.5, 0.6) is 0 Å². The highest BCUT2D eigenvalue weighted by atomic mass is 32.1. The zero-order chi connectivity index (χ0) is 15.0. The highest BCUT2D eigenvalue weighted by molar-refractivity contribution is 7.09. The molecule has 0 saturated carbocycles. The van der Waals surface area contributed by atoms with Crippen LogP contribution in [-0.4, -0.2) is 44.7 Å². The van der Waals surface area contributed by atoms with E-state index in [0.717, 1.165) is 29.1 Å². The lowest BCUT2D eigenvalue weighted by molar-refractivity contribution is 0.0466. The number of piperidine rings is 1. The number of aliphatic hydroxyl groups is 1. The number of hydrogen-bond donors (Lipinski definition) is 1. The average Bonchev–Trinajstić information content (AvgIpc) is 3.04. The summed E-state index contributed by atoms with van der Waals surface area (Å²) in [4.78, 5) is 18.8. The second-order valence-corrected chi connectivity index (χ2v) is 6.59. The molecule has 3 heterocycles. The molecular formula is C15H19N3O2S. The number of β-amino-alcohol motifs (C(OH)–C–C–N with tert-alkyl or cyclic N) is 1. The summed E-state index contributed by atoms with van der Waals surface area (Å²) < 4.78 is 1.84. The van der Waals surface area contributed by atoms with E-state index in [1.165, 1.54) is 0 Å². The average molecular weight is 305 g/mol. The first-order valence-electron chi connectivity index (χ1n) is 7.11. The van der Waals surface area contributed by atoms with E-state index in [1.807, 2.05) is 36.2 Å². The molecule has 1 aliphatic heterocycles. The maximum absolute atomic E-state index is 12.6. The fourth-order valence-electron chi connectivity index (χ4n) is 2.71. The first-order chi connectivity index (χ1) is 10.0. The highest BCUT2D eigenvalue weighted by Crippen LogP contribution is 2.24. The van der Waals surface area contributed by atoms with Crippen LogP contribution in [0.2, 0.25) is 0 Å². The number of aromatic nitrogens is 2. The molecule has 21 heavy (non-hydrogen) atoms. The summed E-state index contributed by atoms with van der Waals surface area (Å²) in [5.41, 5.74) is 2.51. The molecule has 112 valence electrons. The maximum Gasteiger partial charge on any atom is 0.270 e. The van der Waals surface area contributed by atoms with Crippen molar-refractivity contribution in [2.45, 2.75) is 25.9 Å². The molecule has 0 aliphatic carbocycles. The number of carbonyl (C=O) groups is 1. The smallest absolute Gasteiger partial charge is 0.270 e. The summed E-state index contributed by atoms with van der Waals surface area (Å²) in [6.45, 7) is 3.11. The van der Waals surface area contributed by atoms with E-state index in [2.05, 4.69) is 4.98 Å². The molecule has 0 aromatic carbocycles. The van der Waals surface area contributed by atoms with Gasteiger partial charge in [-0.25, -0.2) is 4.98 Å². The van der Waals surface area contributed by atoms with Gasteiger partial charge in [0.2, 0.25) is 0 Å². The van der Waals surface area contributed by atoms with Gasteiger partial charge in [-0.05, 0) is 25.8 Å². The molecule has 6 heteroatoms. The molecule has 3 rings (SSSR count). The molecule has 0 spiro atoms. The molecule has 2 aromatic heterocycles. The van der Waals surface area contributed by atoms with E-state index in [1.54, 1.807) is 16.2 Å². The summed E-state index contributed by atoms with van der Waals surface area (Å²) in [7, 11) is 1.87. The number of nitrogens with zero attached hydrogens (tertiary/aromatic N) is 3. The molecule has 5 nitrogen and oxygen atoms in total. The van der Waals surface area contributed by atoms with Crippen molar-refractivity contribution in [1.29, 1.82) is 0 Å². The van der Waals surface area contributed by atoms with Crippen LogP contribution in [0.4, 0.5) is 0 Å². The number of carbonyl (C=O) groups excluding carboxylic acids is 1. The van der Waals surface area contributed by atoms with E-state index in [4.69, 9.17) is 0 Å². The van der Waals surface area contributed by atoms with Gasteiger partial charge in [0.15, 0.2) is 0 Å². The second-order valence-electron chi connectivity index (χ2n) is 5.52. The van der Waals surface area contributed by atoms with Crippen molar-refractivity contribution in [2.24, 2.45) is 7.05 Å². The number of aryl methyl sites for hydroxylation is 2. The molecular weight excluding hydrogens is 286 g/mol. The first-order valence-corrected chi connectivity index (χ1v) is 7.99. The van der Waals surface area contributed by atoms with Crippen molar-refractivity contribution < 1.29 is 9.90 Å². The molecule has 0 bridgehead atoms. The van der Waals surface area contributed by atoms with Crippen LogP contribution < -0.4 is 0 Å². The van der Waals surface area contributed by atoms with E-state index in [-0.39, 0.29) is 5.91 Å². The van der Waals surface area contributed by atoms with Gasteiger partial charge < -0.3 is 14.6 Å². The Kier molecular flexibility index (Phi) is 3.82. The topological polar surface area (TPSA) is 58.4 Å². The molecule has 1 N–H and O–H groups in total.